The molecule has 29 heavy (non-hydrogen) atoms. The van der Waals surface area contributed by atoms with Crippen LogP contribution >= 0.6 is 0 Å². The van der Waals surface area contributed by atoms with Gasteiger partial charge in [-0.05, 0) is 43.0 Å². The molecule has 0 atom stereocenters. The van der Waals surface area contributed by atoms with Crippen LogP contribution in [0.1, 0.15) is 24.4 Å². The van der Waals surface area contributed by atoms with Gasteiger partial charge in [-0.2, -0.15) is 5.10 Å². The van der Waals surface area contributed by atoms with Crippen molar-refractivity contribution in [1.82, 2.24) is 19.7 Å². The number of hydrogen-bond donors (Lipinski definition) is 1. The lowest BCUT2D eigenvalue weighted by Crippen LogP contribution is -2.20. The first-order valence-corrected chi connectivity index (χ1v) is 9.78. The summed E-state index contributed by atoms with van der Waals surface area (Å²) in [6, 6.07) is 8.28. The number of methoxy groups -OCH3 is 1. The van der Waals surface area contributed by atoms with E-state index in [1.807, 2.05) is 35.9 Å². The normalized spacial score (nSPS) is 15.2. The number of aryl methyl sites for hydroxylation is 1. The third-order valence-electron chi connectivity index (χ3n) is 5.71. The van der Waals surface area contributed by atoms with Gasteiger partial charge in [0.2, 0.25) is 5.88 Å². The molecule has 1 aromatic carbocycles. The second-order valence-electron chi connectivity index (χ2n) is 7.42. The zero-order valence-electron chi connectivity index (χ0n) is 16.4. The number of rotatable bonds is 3. The molecule has 0 saturated carbocycles. The smallest absolute Gasteiger partial charge is 0.259 e. The molecule has 0 aliphatic carbocycles. The molecule has 3 aromatic heterocycles. The lowest BCUT2D eigenvalue weighted by atomic mass is 10.00. The van der Waals surface area contributed by atoms with Crippen LogP contribution in [-0.2, 0) is 4.74 Å². The Morgan fingerprint density at radius 1 is 1.21 bits per heavy atom. The van der Waals surface area contributed by atoms with E-state index in [0.29, 0.717) is 11.3 Å². The van der Waals surface area contributed by atoms with Crippen molar-refractivity contribution in [3.8, 4) is 17.0 Å². The number of ether oxygens (including phenoxy) is 2. The molecule has 148 valence electrons. The highest BCUT2D eigenvalue weighted by Gasteiger charge is 2.21. The number of pyridine rings is 2. The Morgan fingerprint density at radius 3 is 2.83 bits per heavy atom. The fourth-order valence-corrected chi connectivity index (χ4v) is 4.24. The molecule has 0 spiro atoms. The van der Waals surface area contributed by atoms with Crippen molar-refractivity contribution < 1.29 is 9.47 Å². The second-order valence-corrected chi connectivity index (χ2v) is 7.42. The summed E-state index contributed by atoms with van der Waals surface area (Å²) in [7, 11) is 1.62. The van der Waals surface area contributed by atoms with E-state index in [1.54, 1.807) is 19.5 Å². The van der Waals surface area contributed by atoms with Crippen molar-refractivity contribution in [3.05, 3.63) is 52.6 Å². The van der Waals surface area contributed by atoms with Crippen LogP contribution in [-0.4, -0.2) is 40.1 Å². The summed E-state index contributed by atoms with van der Waals surface area (Å²) in [6.45, 7) is 3.46. The Kier molecular flexibility index (Phi) is 4.32. The fourth-order valence-electron chi connectivity index (χ4n) is 4.24. The molecular formula is C22H22N4O3. The van der Waals surface area contributed by atoms with E-state index in [9.17, 15) is 4.79 Å². The Balaban J connectivity index is 1.74. The zero-order valence-corrected chi connectivity index (χ0v) is 16.4. The molecule has 0 radical (unpaired) electrons. The van der Waals surface area contributed by atoms with Gasteiger partial charge in [0.1, 0.15) is 0 Å². The highest BCUT2D eigenvalue weighted by molar-refractivity contribution is 6.04. The summed E-state index contributed by atoms with van der Waals surface area (Å²) in [6.07, 6.45) is 5.20. The van der Waals surface area contributed by atoms with Gasteiger partial charge in [0.25, 0.3) is 5.56 Å². The molecular weight excluding hydrogens is 368 g/mol. The summed E-state index contributed by atoms with van der Waals surface area (Å²) in [5.74, 6) is 0.569. The number of fused-ring (bicyclic) bond motifs is 3. The van der Waals surface area contributed by atoms with Gasteiger partial charge in [-0.3, -0.25) is 9.48 Å². The largest absolute Gasteiger partial charge is 0.481 e. The van der Waals surface area contributed by atoms with Crippen molar-refractivity contribution in [2.24, 2.45) is 0 Å². The predicted octanol–water partition coefficient (Wildman–Crippen LogP) is 3.61. The maximum Gasteiger partial charge on any atom is 0.259 e. The molecule has 7 nitrogen and oxygen atoms in total. The molecule has 1 aliphatic rings. The highest BCUT2D eigenvalue weighted by atomic mass is 16.5. The van der Waals surface area contributed by atoms with Crippen LogP contribution in [0.25, 0.3) is 32.9 Å². The molecule has 1 fully saturated rings. The number of nitrogens with zero attached hydrogens (tertiary/aromatic N) is 3. The molecule has 1 saturated heterocycles. The van der Waals surface area contributed by atoms with Crippen molar-refractivity contribution in [2.45, 2.75) is 25.8 Å². The minimum Gasteiger partial charge on any atom is -0.481 e. The number of hydrogen-bond acceptors (Lipinski definition) is 5. The van der Waals surface area contributed by atoms with Crippen LogP contribution in [0.2, 0.25) is 0 Å². The van der Waals surface area contributed by atoms with E-state index < -0.39 is 0 Å². The Labute approximate surface area is 167 Å². The monoisotopic (exact) mass is 390 g/mol. The van der Waals surface area contributed by atoms with E-state index in [0.717, 1.165) is 59.2 Å². The first-order chi connectivity index (χ1) is 14.2. The molecule has 7 heteroatoms. The maximum atomic E-state index is 12.8. The van der Waals surface area contributed by atoms with Gasteiger partial charge < -0.3 is 14.5 Å². The van der Waals surface area contributed by atoms with E-state index in [1.165, 1.54) is 0 Å². The van der Waals surface area contributed by atoms with Gasteiger partial charge in [-0.15, -0.1) is 0 Å². The predicted molar refractivity (Wildman–Crippen MR) is 111 cm³/mol. The summed E-state index contributed by atoms with van der Waals surface area (Å²) in [5.41, 5.74) is 4.48. The van der Waals surface area contributed by atoms with Crippen molar-refractivity contribution in [3.63, 3.8) is 0 Å². The quantitative estimate of drug-likeness (QED) is 0.578. The average Bonchev–Trinajstić information content (AvgIpc) is 3.20. The summed E-state index contributed by atoms with van der Waals surface area (Å²) in [4.78, 5) is 20.1. The van der Waals surface area contributed by atoms with Gasteiger partial charge in [-0.1, -0.05) is 12.1 Å². The van der Waals surface area contributed by atoms with Gasteiger partial charge in [0.15, 0.2) is 0 Å². The number of H-pyrrole nitrogens is 1. The maximum absolute atomic E-state index is 12.8. The van der Waals surface area contributed by atoms with Crippen molar-refractivity contribution in [2.75, 3.05) is 20.3 Å². The number of nitrogens with one attached hydrogen (secondary N) is 1. The number of aromatic nitrogens is 4. The standard InChI is InChI=1S/C22H22N4O3/c1-13-5-8-23-22(28-2)19(13)14-3-4-16-18(11-14)25-21(27)17-12-24-26(20(16)17)15-6-9-29-10-7-15/h3-5,8,11-12,15H,6-7,9-10H2,1-2H3,(H,25,27). The summed E-state index contributed by atoms with van der Waals surface area (Å²) >= 11 is 0. The summed E-state index contributed by atoms with van der Waals surface area (Å²) in [5, 5.41) is 6.16. The Bertz CT molecular complexity index is 1270. The lowest BCUT2D eigenvalue weighted by Gasteiger charge is -2.23. The van der Waals surface area contributed by atoms with Crippen LogP contribution in [0.15, 0.2) is 41.5 Å². The molecule has 1 aliphatic heterocycles. The van der Waals surface area contributed by atoms with Gasteiger partial charge in [0, 0.05) is 30.4 Å². The van der Waals surface area contributed by atoms with Gasteiger partial charge in [-0.25, -0.2) is 4.98 Å². The molecule has 1 N–H and O–H groups in total. The van der Waals surface area contributed by atoms with E-state index >= 15 is 0 Å². The third-order valence-corrected chi connectivity index (χ3v) is 5.71. The second kappa shape index (κ2) is 7.00. The minimum atomic E-state index is -0.127. The molecule has 0 unspecified atom stereocenters. The van der Waals surface area contributed by atoms with E-state index in [4.69, 9.17) is 9.47 Å². The fraction of sp³-hybridized carbons (Fsp3) is 0.318. The lowest BCUT2D eigenvalue weighted by molar-refractivity contribution is 0.0675. The summed E-state index contributed by atoms with van der Waals surface area (Å²) < 4.78 is 13.0. The average molecular weight is 390 g/mol. The van der Waals surface area contributed by atoms with Crippen LogP contribution in [0, 0.1) is 6.92 Å². The molecule has 0 bridgehead atoms. The molecule has 4 aromatic rings. The third kappa shape index (κ3) is 2.89. The molecule has 5 rings (SSSR count). The SMILES string of the molecule is COc1nccc(C)c1-c1ccc2c(c1)[nH]c(=O)c1cnn(C3CCOCC3)c12. The van der Waals surface area contributed by atoms with Crippen molar-refractivity contribution in [1.29, 1.82) is 0 Å². The molecule has 0 amide bonds. The first kappa shape index (κ1) is 17.9. The topological polar surface area (TPSA) is 82.0 Å². The number of aromatic amines is 1. The molecule has 4 heterocycles. The Hall–Kier alpha value is -3.19. The van der Waals surface area contributed by atoms with Crippen LogP contribution in [0.4, 0.5) is 0 Å². The van der Waals surface area contributed by atoms with Crippen LogP contribution in [0.3, 0.4) is 0 Å². The van der Waals surface area contributed by atoms with Gasteiger partial charge >= 0.3 is 0 Å². The highest BCUT2D eigenvalue weighted by Crippen LogP contribution is 2.34. The van der Waals surface area contributed by atoms with Crippen LogP contribution < -0.4 is 10.3 Å². The van der Waals surface area contributed by atoms with Gasteiger partial charge in [0.05, 0.1) is 35.8 Å². The minimum absolute atomic E-state index is 0.127. The Morgan fingerprint density at radius 2 is 2.03 bits per heavy atom. The first-order valence-electron chi connectivity index (χ1n) is 9.78. The van der Waals surface area contributed by atoms with Crippen LogP contribution in [0.5, 0.6) is 5.88 Å². The zero-order chi connectivity index (χ0) is 20.0. The number of benzene rings is 1. The van der Waals surface area contributed by atoms with Crippen molar-refractivity contribution >= 4 is 21.8 Å². The van der Waals surface area contributed by atoms with E-state index in [-0.39, 0.29) is 11.6 Å². The van der Waals surface area contributed by atoms with E-state index in [2.05, 4.69) is 15.1 Å².